The molecule has 1 amide bonds. The Labute approximate surface area is 247 Å². The van der Waals surface area contributed by atoms with Crippen LogP contribution in [0.1, 0.15) is 22.4 Å². The number of amides is 1. The van der Waals surface area contributed by atoms with Crippen LogP contribution < -0.4 is 0 Å². The second-order valence-corrected chi connectivity index (χ2v) is 11.4. The van der Waals surface area contributed by atoms with Crippen molar-refractivity contribution in [2.24, 2.45) is 4.99 Å². The Balaban J connectivity index is 1.42. The number of aromatic nitrogens is 1. The first kappa shape index (κ1) is 26.5. The van der Waals surface area contributed by atoms with Crippen LogP contribution in [0.5, 0.6) is 0 Å². The molecule has 1 aliphatic heterocycles. The van der Waals surface area contributed by atoms with Gasteiger partial charge in [0.25, 0.3) is 5.91 Å². The third kappa shape index (κ3) is 5.33. The molecule has 0 unspecified atom stereocenters. The monoisotopic (exact) mass is 581 g/mol. The number of nitrogens with zero attached hydrogens (tertiary/aromatic N) is 3. The normalized spacial score (nSPS) is 15.6. The van der Waals surface area contributed by atoms with E-state index in [-0.39, 0.29) is 5.91 Å². The average Bonchev–Trinajstić information content (AvgIpc) is 3.39. The zero-order chi connectivity index (χ0) is 27.6. The number of carbonyl (C=O) groups is 1. The maximum Gasteiger partial charge on any atom is 0.267 e. The van der Waals surface area contributed by atoms with Crippen molar-refractivity contribution in [1.82, 2.24) is 9.47 Å². The molecule has 0 atom stereocenters. The second kappa shape index (κ2) is 11.4. The van der Waals surface area contributed by atoms with Gasteiger partial charge in [-0.1, -0.05) is 96.0 Å². The highest BCUT2D eigenvalue weighted by Crippen LogP contribution is 2.38. The van der Waals surface area contributed by atoms with Gasteiger partial charge in [0.2, 0.25) is 0 Å². The van der Waals surface area contributed by atoms with Gasteiger partial charge in [-0.2, -0.15) is 0 Å². The fraction of sp³-hybridized carbons (Fsp3) is 0.0909. The molecule has 4 nitrogen and oxygen atoms in total. The Kier molecular flexibility index (Phi) is 7.53. The van der Waals surface area contributed by atoms with Crippen LogP contribution >= 0.6 is 35.0 Å². The first-order valence-corrected chi connectivity index (χ1v) is 14.5. The predicted octanol–water partition coefficient (Wildman–Crippen LogP) is 9.11. The molecule has 0 N–H and O–H groups in total. The van der Waals surface area contributed by atoms with E-state index < -0.39 is 0 Å². The van der Waals surface area contributed by atoms with Crippen LogP contribution in [0.25, 0.3) is 17.0 Å². The van der Waals surface area contributed by atoms with Gasteiger partial charge in [0.05, 0.1) is 17.1 Å². The maximum atomic E-state index is 13.9. The molecule has 0 bridgehead atoms. The summed E-state index contributed by atoms with van der Waals surface area (Å²) in [6, 6.07) is 33.6. The number of amidine groups is 1. The number of fused-ring (bicyclic) bond motifs is 1. The molecule has 0 radical (unpaired) electrons. The van der Waals surface area contributed by atoms with Crippen molar-refractivity contribution >= 4 is 68.7 Å². The van der Waals surface area contributed by atoms with Crippen LogP contribution in [0.4, 0.5) is 5.69 Å². The Hall–Kier alpha value is -3.77. The molecule has 5 aromatic rings. The van der Waals surface area contributed by atoms with Crippen molar-refractivity contribution < 1.29 is 4.79 Å². The summed E-state index contributed by atoms with van der Waals surface area (Å²) < 4.78 is 2.24. The summed E-state index contributed by atoms with van der Waals surface area (Å²) in [7, 11) is 0. The quantitative estimate of drug-likeness (QED) is 0.187. The molecule has 1 aromatic heterocycles. The summed E-state index contributed by atoms with van der Waals surface area (Å²) in [5.74, 6) is -0.0551. The van der Waals surface area contributed by atoms with Crippen LogP contribution in [0.15, 0.2) is 113 Å². The molecule has 1 aliphatic rings. The zero-order valence-corrected chi connectivity index (χ0v) is 24.0. The molecule has 7 heteroatoms. The van der Waals surface area contributed by atoms with Crippen molar-refractivity contribution in [1.29, 1.82) is 0 Å². The number of rotatable bonds is 6. The summed E-state index contributed by atoms with van der Waals surface area (Å²) in [4.78, 5) is 21.1. The van der Waals surface area contributed by atoms with Gasteiger partial charge in [0, 0.05) is 38.8 Å². The van der Waals surface area contributed by atoms with Gasteiger partial charge in [-0.25, -0.2) is 4.99 Å². The number of aliphatic imine (C=N–C) groups is 1. The highest BCUT2D eigenvalue weighted by Gasteiger charge is 2.34. The van der Waals surface area contributed by atoms with Crippen molar-refractivity contribution in [3.63, 3.8) is 0 Å². The standard InChI is InChI=1S/C33H25Cl2N3OS/c1-22-28(27-14-8-9-15-30(27)37(22)21-24-16-17-25(34)18-29(24)35)19-31-32(39)38(20-23-10-4-2-5-11-23)33(40-31)36-26-12-6-3-7-13-26/h2-19H,20-21H2,1H3/b31-19+,36-33?. The summed E-state index contributed by atoms with van der Waals surface area (Å²) in [5.41, 5.74) is 5.98. The minimum absolute atomic E-state index is 0.0551. The van der Waals surface area contributed by atoms with Crippen molar-refractivity contribution in [3.8, 4) is 0 Å². The summed E-state index contributed by atoms with van der Waals surface area (Å²) in [6.07, 6.45) is 2.01. The molecule has 2 heterocycles. The Morgan fingerprint density at radius 1 is 0.850 bits per heavy atom. The number of halogens is 2. The number of para-hydroxylation sites is 2. The van der Waals surface area contributed by atoms with E-state index in [9.17, 15) is 4.79 Å². The van der Waals surface area contributed by atoms with E-state index in [1.54, 1.807) is 11.0 Å². The predicted molar refractivity (Wildman–Crippen MR) is 168 cm³/mol. The Morgan fingerprint density at radius 2 is 1.55 bits per heavy atom. The van der Waals surface area contributed by atoms with E-state index in [4.69, 9.17) is 28.2 Å². The molecular formula is C33H25Cl2N3OS. The number of benzene rings is 4. The molecule has 1 fully saturated rings. The van der Waals surface area contributed by atoms with E-state index in [0.717, 1.165) is 39.0 Å². The summed E-state index contributed by atoms with van der Waals surface area (Å²) >= 11 is 14.1. The molecule has 0 saturated carbocycles. The van der Waals surface area contributed by atoms with E-state index in [1.165, 1.54) is 11.8 Å². The third-order valence-electron chi connectivity index (χ3n) is 6.95. The Morgan fingerprint density at radius 3 is 2.30 bits per heavy atom. The highest BCUT2D eigenvalue weighted by molar-refractivity contribution is 8.18. The van der Waals surface area contributed by atoms with E-state index in [1.807, 2.05) is 91.0 Å². The maximum absolute atomic E-state index is 13.9. The molecule has 40 heavy (non-hydrogen) atoms. The number of hydrogen-bond donors (Lipinski definition) is 0. The first-order valence-electron chi connectivity index (χ1n) is 12.9. The van der Waals surface area contributed by atoms with Crippen molar-refractivity contribution in [2.45, 2.75) is 20.0 Å². The van der Waals surface area contributed by atoms with E-state index in [2.05, 4.69) is 23.6 Å². The van der Waals surface area contributed by atoms with Gasteiger partial charge in [0.15, 0.2) is 5.17 Å². The lowest BCUT2D eigenvalue weighted by atomic mass is 10.1. The van der Waals surface area contributed by atoms with Crippen LogP contribution in [-0.4, -0.2) is 20.5 Å². The van der Waals surface area contributed by atoms with E-state index >= 15 is 0 Å². The third-order valence-corrected chi connectivity index (χ3v) is 8.54. The number of thioether (sulfide) groups is 1. The van der Waals surface area contributed by atoms with Gasteiger partial charge in [-0.05, 0) is 66.2 Å². The summed E-state index contributed by atoms with van der Waals surface area (Å²) in [6.45, 7) is 3.12. The SMILES string of the molecule is Cc1c(/C=C2/SC(=Nc3ccccc3)N(Cc3ccccc3)C2=O)c2ccccc2n1Cc1ccc(Cl)cc1Cl. The second-order valence-electron chi connectivity index (χ2n) is 9.56. The number of carbonyl (C=O) groups excluding carboxylic acids is 1. The lowest BCUT2D eigenvalue weighted by molar-refractivity contribution is -0.122. The van der Waals surface area contributed by atoms with Crippen molar-refractivity contribution in [3.05, 3.63) is 140 Å². The van der Waals surface area contributed by atoms with E-state index in [0.29, 0.717) is 33.2 Å². The zero-order valence-electron chi connectivity index (χ0n) is 21.7. The molecule has 1 saturated heterocycles. The molecule has 0 spiro atoms. The first-order chi connectivity index (χ1) is 19.5. The minimum atomic E-state index is -0.0551. The van der Waals surface area contributed by atoms with Crippen LogP contribution in [0.3, 0.4) is 0 Å². The highest BCUT2D eigenvalue weighted by atomic mass is 35.5. The van der Waals surface area contributed by atoms with Crippen LogP contribution in [0.2, 0.25) is 10.0 Å². The van der Waals surface area contributed by atoms with Crippen LogP contribution in [-0.2, 0) is 17.9 Å². The van der Waals surface area contributed by atoms with Gasteiger partial charge >= 0.3 is 0 Å². The van der Waals surface area contributed by atoms with Gasteiger partial charge in [0.1, 0.15) is 0 Å². The summed E-state index contributed by atoms with van der Waals surface area (Å²) in [5, 5.41) is 2.98. The fourth-order valence-corrected chi connectivity index (χ4v) is 6.35. The van der Waals surface area contributed by atoms with Crippen LogP contribution in [0, 0.1) is 6.92 Å². The smallest absolute Gasteiger partial charge is 0.267 e. The lowest BCUT2D eigenvalue weighted by Gasteiger charge is -2.15. The molecule has 198 valence electrons. The van der Waals surface area contributed by atoms with Gasteiger partial charge < -0.3 is 4.57 Å². The Bertz CT molecular complexity index is 1780. The van der Waals surface area contributed by atoms with Crippen molar-refractivity contribution in [2.75, 3.05) is 0 Å². The largest absolute Gasteiger partial charge is 0.340 e. The van der Waals surface area contributed by atoms with Gasteiger partial charge in [-0.3, -0.25) is 9.69 Å². The topological polar surface area (TPSA) is 37.6 Å². The molecular weight excluding hydrogens is 557 g/mol. The fourth-order valence-electron chi connectivity index (χ4n) is 4.90. The average molecular weight is 583 g/mol. The molecule has 0 aliphatic carbocycles. The minimum Gasteiger partial charge on any atom is -0.340 e. The lowest BCUT2D eigenvalue weighted by Crippen LogP contribution is -2.28. The molecule has 4 aromatic carbocycles. The number of hydrogen-bond acceptors (Lipinski definition) is 3. The molecule has 6 rings (SSSR count). The van der Waals surface area contributed by atoms with Gasteiger partial charge in [-0.15, -0.1) is 0 Å².